The molecule has 1 aromatic carbocycles. The molecule has 0 fully saturated rings. The van der Waals surface area contributed by atoms with Crippen molar-refractivity contribution in [3.8, 4) is 5.75 Å². The predicted octanol–water partition coefficient (Wildman–Crippen LogP) is 1.90. The van der Waals surface area contributed by atoms with Crippen molar-refractivity contribution in [3.05, 3.63) is 17.7 Å². The molecule has 0 saturated heterocycles. The summed E-state index contributed by atoms with van der Waals surface area (Å²) >= 11 is 1.51. The van der Waals surface area contributed by atoms with Crippen molar-refractivity contribution in [2.45, 2.75) is 6.92 Å². The second kappa shape index (κ2) is 3.43. The Morgan fingerprint density at radius 1 is 1.50 bits per heavy atom. The number of nitrogen functional groups attached to an aromatic ring is 1. The Hall–Kier alpha value is -1.33. The zero-order chi connectivity index (χ0) is 10.1. The third-order valence-corrected chi connectivity index (χ3v) is 2.95. The minimum atomic E-state index is 0.719. The number of ether oxygens (including phenoxy) is 1. The fraction of sp³-hybridized carbons (Fsp3) is 0.222. The van der Waals surface area contributed by atoms with Crippen LogP contribution in [0.5, 0.6) is 5.75 Å². The minimum absolute atomic E-state index is 0.719. The van der Waals surface area contributed by atoms with Crippen LogP contribution in [0.4, 0.5) is 5.13 Å². The van der Waals surface area contributed by atoms with Gasteiger partial charge in [-0.1, -0.05) is 11.3 Å². The maximum atomic E-state index is 5.30. The van der Waals surface area contributed by atoms with Crippen molar-refractivity contribution in [1.29, 1.82) is 0 Å². The third kappa shape index (κ3) is 1.40. The molecule has 74 valence electrons. The largest absolute Gasteiger partial charge is 0.497 e. The van der Waals surface area contributed by atoms with E-state index in [0.717, 1.165) is 26.7 Å². The Balaban J connectivity index is 2.67. The van der Waals surface area contributed by atoms with Gasteiger partial charge in [-0.3, -0.25) is 5.43 Å². The van der Waals surface area contributed by atoms with Crippen LogP contribution in [0.1, 0.15) is 5.56 Å². The van der Waals surface area contributed by atoms with Gasteiger partial charge in [0.25, 0.3) is 0 Å². The highest BCUT2D eigenvalue weighted by Crippen LogP contribution is 2.31. The van der Waals surface area contributed by atoms with Crippen LogP contribution >= 0.6 is 11.3 Å². The van der Waals surface area contributed by atoms with Crippen molar-refractivity contribution in [3.63, 3.8) is 0 Å². The Morgan fingerprint density at radius 2 is 2.29 bits per heavy atom. The number of aromatic nitrogens is 1. The lowest BCUT2D eigenvalue weighted by atomic mass is 10.2. The number of nitrogens with zero attached hydrogens (tertiary/aromatic N) is 1. The van der Waals surface area contributed by atoms with Gasteiger partial charge in [0.2, 0.25) is 0 Å². The van der Waals surface area contributed by atoms with Gasteiger partial charge in [0.1, 0.15) is 5.75 Å². The van der Waals surface area contributed by atoms with Crippen LogP contribution in [-0.4, -0.2) is 12.1 Å². The average molecular weight is 209 g/mol. The quantitative estimate of drug-likeness (QED) is 0.586. The molecule has 3 N–H and O–H groups in total. The number of benzene rings is 1. The Labute approximate surface area is 85.7 Å². The van der Waals surface area contributed by atoms with Crippen molar-refractivity contribution in [2.75, 3.05) is 12.5 Å². The molecule has 0 unspecified atom stereocenters. The van der Waals surface area contributed by atoms with Crippen molar-refractivity contribution >= 4 is 26.7 Å². The first-order valence-corrected chi connectivity index (χ1v) is 4.98. The average Bonchev–Trinajstić information content (AvgIpc) is 2.61. The molecule has 0 saturated carbocycles. The van der Waals surface area contributed by atoms with Gasteiger partial charge in [0.05, 0.1) is 17.3 Å². The smallest absolute Gasteiger partial charge is 0.198 e. The first-order chi connectivity index (χ1) is 6.74. The summed E-state index contributed by atoms with van der Waals surface area (Å²) in [4.78, 5) is 4.33. The van der Waals surface area contributed by atoms with Crippen molar-refractivity contribution in [2.24, 2.45) is 5.84 Å². The molecule has 0 bridgehead atoms. The summed E-state index contributed by atoms with van der Waals surface area (Å²) in [5.74, 6) is 6.15. The first kappa shape index (κ1) is 9.23. The molecule has 0 radical (unpaired) electrons. The fourth-order valence-corrected chi connectivity index (χ4v) is 2.23. The predicted molar refractivity (Wildman–Crippen MR) is 58.7 cm³/mol. The van der Waals surface area contributed by atoms with E-state index in [9.17, 15) is 0 Å². The number of hydrogen-bond donors (Lipinski definition) is 2. The number of hydrogen-bond acceptors (Lipinski definition) is 5. The number of thiazole rings is 1. The summed E-state index contributed by atoms with van der Waals surface area (Å²) in [7, 11) is 1.66. The van der Waals surface area contributed by atoms with Crippen LogP contribution in [0.15, 0.2) is 12.1 Å². The second-order valence-electron chi connectivity index (χ2n) is 2.95. The van der Waals surface area contributed by atoms with E-state index in [1.807, 2.05) is 19.1 Å². The zero-order valence-corrected chi connectivity index (χ0v) is 8.81. The molecule has 0 aliphatic carbocycles. The van der Waals surface area contributed by atoms with Crippen molar-refractivity contribution in [1.82, 2.24) is 4.98 Å². The van der Waals surface area contributed by atoms with E-state index in [1.54, 1.807) is 7.11 Å². The number of hydrazine groups is 1. The molecule has 0 atom stereocenters. The monoisotopic (exact) mass is 209 g/mol. The highest BCUT2D eigenvalue weighted by Gasteiger charge is 2.07. The van der Waals surface area contributed by atoms with Crippen molar-refractivity contribution < 1.29 is 4.74 Å². The number of aryl methyl sites for hydroxylation is 1. The lowest BCUT2D eigenvalue weighted by Crippen LogP contribution is -2.05. The fourth-order valence-electron chi connectivity index (χ4n) is 1.34. The molecule has 0 amide bonds. The van der Waals surface area contributed by atoms with Gasteiger partial charge in [-0.15, -0.1) is 0 Å². The molecular weight excluding hydrogens is 198 g/mol. The Kier molecular flexibility index (Phi) is 2.26. The third-order valence-electron chi connectivity index (χ3n) is 2.02. The molecule has 0 spiro atoms. The Morgan fingerprint density at radius 3 is 2.93 bits per heavy atom. The SMILES string of the molecule is COc1cc(C)c2nc(NN)sc2c1. The summed E-state index contributed by atoms with van der Waals surface area (Å²) in [6.45, 7) is 2.00. The molecule has 2 rings (SSSR count). The highest BCUT2D eigenvalue weighted by molar-refractivity contribution is 7.22. The molecule has 4 nitrogen and oxygen atoms in total. The molecule has 1 heterocycles. The standard InChI is InChI=1S/C9H11N3OS/c1-5-3-6(13-2)4-7-8(5)11-9(12-10)14-7/h3-4H,10H2,1-2H3,(H,11,12). The molecule has 1 aromatic heterocycles. The summed E-state index contributed by atoms with van der Waals surface area (Å²) < 4.78 is 6.25. The van der Waals surface area contributed by atoms with E-state index >= 15 is 0 Å². The van der Waals surface area contributed by atoms with Crippen LogP contribution in [0.25, 0.3) is 10.2 Å². The summed E-state index contributed by atoms with van der Waals surface area (Å²) in [5, 5.41) is 0.719. The maximum absolute atomic E-state index is 5.30. The van der Waals surface area contributed by atoms with Gasteiger partial charge in [-0.25, -0.2) is 10.8 Å². The number of fused-ring (bicyclic) bond motifs is 1. The van der Waals surface area contributed by atoms with Crippen LogP contribution < -0.4 is 16.0 Å². The van der Waals surface area contributed by atoms with Gasteiger partial charge in [0, 0.05) is 0 Å². The van der Waals surface area contributed by atoms with E-state index in [4.69, 9.17) is 10.6 Å². The molecule has 0 aliphatic heterocycles. The van der Waals surface area contributed by atoms with E-state index in [2.05, 4.69) is 10.4 Å². The van der Waals surface area contributed by atoms with E-state index in [0.29, 0.717) is 0 Å². The van der Waals surface area contributed by atoms with Gasteiger partial charge in [-0.2, -0.15) is 0 Å². The van der Waals surface area contributed by atoms with Crippen LogP contribution in [0, 0.1) is 6.92 Å². The first-order valence-electron chi connectivity index (χ1n) is 4.16. The second-order valence-corrected chi connectivity index (χ2v) is 3.99. The maximum Gasteiger partial charge on any atom is 0.198 e. The van der Waals surface area contributed by atoms with Gasteiger partial charge in [-0.05, 0) is 24.6 Å². The van der Waals surface area contributed by atoms with Crippen LogP contribution in [0.3, 0.4) is 0 Å². The highest BCUT2D eigenvalue weighted by atomic mass is 32.1. The number of methoxy groups -OCH3 is 1. The van der Waals surface area contributed by atoms with Crippen LogP contribution in [-0.2, 0) is 0 Å². The lowest BCUT2D eigenvalue weighted by Gasteiger charge is -2.00. The summed E-state index contributed by atoms with van der Waals surface area (Å²) in [6, 6.07) is 3.92. The van der Waals surface area contributed by atoms with Gasteiger partial charge in [0.15, 0.2) is 5.13 Å². The molecule has 14 heavy (non-hydrogen) atoms. The number of rotatable bonds is 2. The summed E-state index contributed by atoms with van der Waals surface area (Å²) in [5.41, 5.74) is 4.62. The topological polar surface area (TPSA) is 60.2 Å². The Bertz CT molecular complexity index is 466. The number of nitrogens with two attached hydrogens (primary N) is 1. The minimum Gasteiger partial charge on any atom is -0.497 e. The number of anilines is 1. The normalized spacial score (nSPS) is 10.5. The molecule has 2 aromatic rings. The zero-order valence-electron chi connectivity index (χ0n) is 8.00. The number of nitrogens with one attached hydrogen (secondary N) is 1. The van der Waals surface area contributed by atoms with E-state index in [-0.39, 0.29) is 0 Å². The molecular formula is C9H11N3OS. The molecule has 0 aliphatic rings. The lowest BCUT2D eigenvalue weighted by molar-refractivity contribution is 0.415. The van der Waals surface area contributed by atoms with Gasteiger partial charge < -0.3 is 4.74 Å². The molecule has 5 heteroatoms. The summed E-state index contributed by atoms with van der Waals surface area (Å²) in [6.07, 6.45) is 0. The van der Waals surface area contributed by atoms with Crippen LogP contribution in [0.2, 0.25) is 0 Å². The van der Waals surface area contributed by atoms with E-state index in [1.165, 1.54) is 11.3 Å². The van der Waals surface area contributed by atoms with E-state index < -0.39 is 0 Å². The van der Waals surface area contributed by atoms with Gasteiger partial charge >= 0.3 is 0 Å².